The molecule has 0 heterocycles. The molecule has 0 atom stereocenters. The van der Waals surface area contributed by atoms with Gasteiger partial charge in [0.2, 0.25) is 5.88 Å². The van der Waals surface area contributed by atoms with Gasteiger partial charge >= 0.3 is 0 Å². The zero-order valence-corrected chi connectivity index (χ0v) is 8.16. The topological polar surface area (TPSA) is 90.4 Å². The predicted molar refractivity (Wildman–Crippen MR) is 52.6 cm³/mol. The first-order chi connectivity index (χ1) is 6.77. The van der Waals surface area contributed by atoms with Crippen molar-refractivity contribution < 1.29 is 9.53 Å². The predicted octanol–water partition coefficient (Wildman–Crippen LogP) is 0.126. The van der Waals surface area contributed by atoms with Gasteiger partial charge in [-0.15, -0.1) is 0 Å². The molecule has 14 heavy (non-hydrogen) atoms. The van der Waals surface area contributed by atoms with E-state index in [-0.39, 0.29) is 17.7 Å². The van der Waals surface area contributed by atoms with E-state index in [4.69, 9.17) is 16.3 Å². The standard InChI is InChI=1S/C9H17N3O2/c10-9(8(6-13)12-11)14-7-4-2-1-3-5-7/h6-7,12H,1-5,10-11H2/b9-8+. The summed E-state index contributed by atoms with van der Waals surface area (Å²) in [4.78, 5) is 10.5. The molecule has 5 heteroatoms. The third-order valence-electron chi connectivity index (χ3n) is 2.38. The zero-order chi connectivity index (χ0) is 10.4. The average molecular weight is 199 g/mol. The Morgan fingerprint density at radius 3 is 2.50 bits per heavy atom. The summed E-state index contributed by atoms with van der Waals surface area (Å²) in [7, 11) is 0. The molecule has 5 N–H and O–H groups in total. The summed E-state index contributed by atoms with van der Waals surface area (Å²) >= 11 is 0. The second-order valence-corrected chi connectivity index (χ2v) is 3.42. The molecule has 0 amide bonds. The van der Waals surface area contributed by atoms with Crippen molar-refractivity contribution in [1.29, 1.82) is 0 Å². The number of aldehydes is 1. The lowest BCUT2D eigenvalue weighted by Crippen LogP contribution is -2.29. The second kappa shape index (κ2) is 5.49. The summed E-state index contributed by atoms with van der Waals surface area (Å²) in [5.41, 5.74) is 7.86. The smallest absolute Gasteiger partial charge is 0.213 e. The van der Waals surface area contributed by atoms with Gasteiger partial charge in [0.15, 0.2) is 6.29 Å². The van der Waals surface area contributed by atoms with Crippen LogP contribution >= 0.6 is 0 Å². The molecule has 1 aliphatic rings. The quantitative estimate of drug-likeness (QED) is 0.197. The molecule has 0 aromatic carbocycles. The lowest BCUT2D eigenvalue weighted by Gasteiger charge is -2.23. The van der Waals surface area contributed by atoms with Crippen molar-refractivity contribution in [3.05, 3.63) is 11.6 Å². The summed E-state index contributed by atoms with van der Waals surface area (Å²) in [6.45, 7) is 0. The van der Waals surface area contributed by atoms with Crippen molar-refractivity contribution in [2.45, 2.75) is 38.2 Å². The van der Waals surface area contributed by atoms with Crippen LogP contribution in [0.1, 0.15) is 32.1 Å². The van der Waals surface area contributed by atoms with E-state index in [9.17, 15) is 4.79 Å². The largest absolute Gasteiger partial charge is 0.474 e. The number of hydrogen-bond donors (Lipinski definition) is 3. The van der Waals surface area contributed by atoms with E-state index in [1.165, 1.54) is 6.42 Å². The number of rotatable bonds is 4. The van der Waals surface area contributed by atoms with Crippen LogP contribution in [0, 0.1) is 0 Å². The Kier molecular flexibility index (Phi) is 4.25. The summed E-state index contributed by atoms with van der Waals surface area (Å²) in [6.07, 6.45) is 6.24. The number of carbonyl (C=O) groups is 1. The van der Waals surface area contributed by atoms with Crippen LogP contribution in [-0.4, -0.2) is 12.4 Å². The molecule has 1 rings (SSSR count). The molecule has 1 aliphatic carbocycles. The Bertz CT molecular complexity index is 222. The Morgan fingerprint density at radius 2 is 2.00 bits per heavy atom. The lowest BCUT2D eigenvalue weighted by molar-refractivity contribution is -0.105. The van der Waals surface area contributed by atoms with Gasteiger partial charge in [-0.05, 0) is 25.7 Å². The van der Waals surface area contributed by atoms with E-state index >= 15 is 0 Å². The van der Waals surface area contributed by atoms with Crippen LogP contribution < -0.4 is 17.0 Å². The highest BCUT2D eigenvalue weighted by atomic mass is 16.5. The molecule has 0 aliphatic heterocycles. The van der Waals surface area contributed by atoms with Crippen molar-refractivity contribution >= 4 is 6.29 Å². The highest BCUT2D eigenvalue weighted by Gasteiger charge is 2.16. The molecule has 0 saturated heterocycles. The number of nitrogens with two attached hydrogens (primary N) is 2. The second-order valence-electron chi connectivity index (χ2n) is 3.42. The molecule has 1 saturated carbocycles. The fourth-order valence-electron chi connectivity index (χ4n) is 1.59. The van der Waals surface area contributed by atoms with Gasteiger partial charge in [-0.25, -0.2) is 0 Å². The third-order valence-corrected chi connectivity index (χ3v) is 2.38. The Labute approximate surface area is 83.4 Å². The van der Waals surface area contributed by atoms with Gasteiger partial charge in [-0.3, -0.25) is 10.6 Å². The first-order valence-corrected chi connectivity index (χ1v) is 4.86. The Balaban J connectivity index is 2.48. The van der Waals surface area contributed by atoms with E-state index in [1.807, 2.05) is 0 Å². The lowest BCUT2D eigenvalue weighted by atomic mass is 9.98. The molecular weight excluding hydrogens is 182 g/mol. The first-order valence-electron chi connectivity index (χ1n) is 4.86. The summed E-state index contributed by atoms with van der Waals surface area (Å²) in [5, 5.41) is 0. The Morgan fingerprint density at radius 1 is 1.36 bits per heavy atom. The fraction of sp³-hybridized carbons (Fsp3) is 0.667. The van der Waals surface area contributed by atoms with Crippen molar-refractivity contribution in [3.8, 4) is 0 Å². The van der Waals surface area contributed by atoms with Gasteiger partial charge in [0.1, 0.15) is 11.8 Å². The van der Waals surface area contributed by atoms with Crippen LogP contribution in [0.4, 0.5) is 0 Å². The van der Waals surface area contributed by atoms with E-state index in [0.717, 1.165) is 25.7 Å². The summed E-state index contributed by atoms with van der Waals surface area (Å²) in [5.74, 6) is 5.18. The molecule has 80 valence electrons. The van der Waals surface area contributed by atoms with Gasteiger partial charge < -0.3 is 15.9 Å². The van der Waals surface area contributed by atoms with Gasteiger partial charge in [-0.1, -0.05) is 6.42 Å². The van der Waals surface area contributed by atoms with Crippen molar-refractivity contribution in [3.63, 3.8) is 0 Å². The molecule has 5 nitrogen and oxygen atoms in total. The van der Waals surface area contributed by atoms with Crippen LogP contribution in [0.5, 0.6) is 0 Å². The molecule has 0 aromatic heterocycles. The van der Waals surface area contributed by atoms with Crippen LogP contribution in [0.15, 0.2) is 11.6 Å². The maximum absolute atomic E-state index is 10.5. The van der Waals surface area contributed by atoms with Gasteiger partial charge in [0, 0.05) is 0 Å². The van der Waals surface area contributed by atoms with Crippen LogP contribution in [0.2, 0.25) is 0 Å². The number of carbonyl (C=O) groups excluding carboxylic acids is 1. The number of allylic oxidation sites excluding steroid dienone is 1. The zero-order valence-electron chi connectivity index (χ0n) is 8.16. The van der Waals surface area contributed by atoms with Gasteiger partial charge in [0.25, 0.3) is 0 Å². The van der Waals surface area contributed by atoms with Crippen LogP contribution in [0.25, 0.3) is 0 Å². The van der Waals surface area contributed by atoms with Crippen molar-refractivity contribution in [2.24, 2.45) is 11.6 Å². The van der Waals surface area contributed by atoms with E-state index in [2.05, 4.69) is 5.43 Å². The van der Waals surface area contributed by atoms with E-state index < -0.39 is 0 Å². The fourth-order valence-corrected chi connectivity index (χ4v) is 1.59. The minimum Gasteiger partial charge on any atom is -0.474 e. The number of ether oxygens (including phenoxy) is 1. The molecule has 1 fully saturated rings. The van der Waals surface area contributed by atoms with Crippen molar-refractivity contribution in [1.82, 2.24) is 5.43 Å². The summed E-state index contributed by atoms with van der Waals surface area (Å²) in [6, 6.07) is 0. The normalized spacial score (nSPS) is 19.8. The highest BCUT2D eigenvalue weighted by Crippen LogP contribution is 2.21. The SMILES string of the molecule is NN/C(C=O)=C(\N)OC1CCCCC1. The van der Waals surface area contributed by atoms with Gasteiger partial charge in [-0.2, -0.15) is 0 Å². The first kappa shape index (κ1) is 10.8. The molecule has 0 radical (unpaired) electrons. The molecule has 0 unspecified atom stereocenters. The maximum atomic E-state index is 10.5. The maximum Gasteiger partial charge on any atom is 0.213 e. The molecular formula is C9H17N3O2. The van der Waals surface area contributed by atoms with Gasteiger partial charge in [0.05, 0.1) is 0 Å². The van der Waals surface area contributed by atoms with Crippen LogP contribution in [0.3, 0.4) is 0 Å². The van der Waals surface area contributed by atoms with Crippen molar-refractivity contribution in [2.75, 3.05) is 0 Å². The number of nitrogens with one attached hydrogen (secondary N) is 1. The minimum atomic E-state index is 0.0920. The summed E-state index contributed by atoms with van der Waals surface area (Å²) < 4.78 is 5.42. The molecule has 0 aromatic rings. The van der Waals surface area contributed by atoms with E-state index in [1.54, 1.807) is 0 Å². The molecule has 0 spiro atoms. The number of hydrazine groups is 1. The molecule has 0 bridgehead atoms. The Hall–Kier alpha value is -1.23. The average Bonchev–Trinajstić information content (AvgIpc) is 2.21. The minimum absolute atomic E-state index is 0.0920. The number of hydrogen-bond acceptors (Lipinski definition) is 5. The third kappa shape index (κ3) is 2.92. The van der Waals surface area contributed by atoms with Crippen LogP contribution in [-0.2, 0) is 9.53 Å². The van der Waals surface area contributed by atoms with E-state index in [0.29, 0.717) is 6.29 Å². The monoisotopic (exact) mass is 199 g/mol. The highest BCUT2D eigenvalue weighted by molar-refractivity contribution is 5.72.